The molecule has 2 fully saturated rings. The van der Waals surface area contributed by atoms with Gasteiger partial charge in [-0.1, -0.05) is 0 Å². The molecule has 23 heavy (non-hydrogen) atoms. The molecule has 0 spiro atoms. The Morgan fingerprint density at radius 1 is 1.35 bits per heavy atom. The van der Waals surface area contributed by atoms with Crippen molar-refractivity contribution in [2.45, 2.75) is 51.1 Å². The smallest absolute Gasteiger partial charge is 0.226 e. The molecular formula is C17H21N3OS2. The standard InChI is InChI=1S/C17H21N3OS2/c1-10-2-5-15(23-10)14-9-22-17(19-14)20-16(21)8-11-6-12-3-4-13(7-11)18-12/h2,5,9,11-13,18H,3-4,6-8H2,1H3,(H,19,20,21). The number of hydrogen-bond donors (Lipinski definition) is 2. The topological polar surface area (TPSA) is 54.0 Å². The van der Waals surface area contributed by atoms with Crippen molar-refractivity contribution in [3.05, 3.63) is 22.4 Å². The largest absolute Gasteiger partial charge is 0.311 e. The minimum absolute atomic E-state index is 0.111. The average Bonchev–Trinajstić information content (AvgIpc) is 3.20. The first-order valence-corrected chi connectivity index (χ1v) is 9.93. The van der Waals surface area contributed by atoms with Gasteiger partial charge in [-0.3, -0.25) is 4.79 Å². The number of thiazole rings is 1. The second kappa shape index (κ2) is 6.34. The molecule has 4 heterocycles. The summed E-state index contributed by atoms with van der Waals surface area (Å²) in [5, 5.41) is 9.35. The Morgan fingerprint density at radius 3 is 2.83 bits per heavy atom. The van der Waals surface area contributed by atoms with Crippen LogP contribution in [0.25, 0.3) is 10.6 Å². The van der Waals surface area contributed by atoms with Crippen molar-refractivity contribution in [2.75, 3.05) is 5.32 Å². The van der Waals surface area contributed by atoms with Crippen molar-refractivity contribution >= 4 is 33.7 Å². The van der Waals surface area contributed by atoms with E-state index >= 15 is 0 Å². The highest BCUT2D eigenvalue weighted by Gasteiger charge is 2.34. The number of nitrogens with zero attached hydrogens (tertiary/aromatic N) is 1. The van der Waals surface area contributed by atoms with Gasteiger partial charge in [0.25, 0.3) is 0 Å². The molecule has 4 rings (SSSR count). The van der Waals surface area contributed by atoms with Crippen LogP contribution in [0.1, 0.15) is 37.0 Å². The predicted molar refractivity (Wildman–Crippen MR) is 96.1 cm³/mol. The molecule has 4 nitrogen and oxygen atoms in total. The summed E-state index contributed by atoms with van der Waals surface area (Å²) in [7, 11) is 0. The average molecular weight is 348 g/mol. The third-order valence-electron chi connectivity index (χ3n) is 4.79. The first-order valence-electron chi connectivity index (χ1n) is 8.24. The van der Waals surface area contributed by atoms with Gasteiger partial charge in [0.05, 0.1) is 10.6 Å². The van der Waals surface area contributed by atoms with Crippen molar-refractivity contribution in [1.82, 2.24) is 10.3 Å². The Hall–Kier alpha value is -1.24. The molecule has 2 aliphatic heterocycles. The van der Waals surface area contributed by atoms with Crippen molar-refractivity contribution in [3.63, 3.8) is 0 Å². The van der Waals surface area contributed by atoms with Gasteiger partial charge in [0.1, 0.15) is 0 Å². The van der Waals surface area contributed by atoms with Crippen LogP contribution in [0, 0.1) is 12.8 Å². The monoisotopic (exact) mass is 347 g/mol. The van der Waals surface area contributed by atoms with E-state index in [4.69, 9.17) is 0 Å². The maximum atomic E-state index is 12.3. The summed E-state index contributed by atoms with van der Waals surface area (Å²) in [4.78, 5) is 19.3. The molecule has 6 heteroatoms. The van der Waals surface area contributed by atoms with Crippen LogP contribution in [-0.2, 0) is 4.79 Å². The zero-order chi connectivity index (χ0) is 15.8. The minimum atomic E-state index is 0.111. The first-order chi connectivity index (χ1) is 11.2. The van der Waals surface area contributed by atoms with E-state index in [1.165, 1.54) is 29.1 Å². The molecule has 0 saturated carbocycles. The van der Waals surface area contributed by atoms with Crippen LogP contribution in [0.5, 0.6) is 0 Å². The lowest BCUT2D eigenvalue weighted by atomic mass is 9.89. The second-order valence-corrected chi connectivity index (χ2v) is 8.82. The predicted octanol–water partition coefficient (Wildman–Crippen LogP) is 4.04. The SMILES string of the molecule is Cc1ccc(-c2csc(NC(=O)CC3CC4CCC(C3)N4)n2)s1. The van der Waals surface area contributed by atoms with E-state index in [1.807, 2.05) is 5.38 Å². The number of hydrogen-bond acceptors (Lipinski definition) is 5. The van der Waals surface area contributed by atoms with E-state index in [9.17, 15) is 4.79 Å². The highest BCUT2D eigenvalue weighted by molar-refractivity contribution is 7.17. The molecule has 2 saturated heterocycles. The van der Waals surface area contributed by atoms with Gasteiger partial charge in [-0.05, 0) is 50.7 Å². The molecule has 0 radical (unpaired) electrons. The molecule has 0 aromatic carbocycles. The Morgan fingerprint density at radius 2 is 2.13 bits per heavy atom. The van der Waals surface area contributed by atoms with Gasteiger partial charge >= 0.3 is 0 Å². The number of aromatic nitrogens is 1. The van der Waals surface area contributed by atoms with Crippen molar-refractivity contribution < 1.29 is 4.79 Å². The molecule has 2 N–H and O–H groups in total. The van der Waals surface area contributed by atoms with Crippen LogP contribution >= 0.6 is 22.7 Å². The fourth-order valence-electron chi connectivity index (χ4n) is 3.79. The summed E-state index contributed by atoms with van der Waals surface area (Å²) >= 11 is 3.24. The fraction of sp³-hybridized carbons (Fsp3) is 0.529. The lowest BCUT2D eigenvalue weighted by Crippen LogP contribution is -2.39. The van der Waals surface area contributed by atoms with Crippen LogP contribution in [0.3, 0.4) is 0 Å². The number of amides is 1. The number of carbonyl (C=O) groups is 1. The van der Waals surface area contributed by atoms with E-state index in [2.05, 4.69) is 34.7 Å². The lowest BCUT2D eigenvalue weighted by molar-refractivity contribution is -0.117. The molecular weight excluding hydrogens is 326 g/mol. The van der Waals surface area contributed by atoms with Crippen LogP contribution in [0.4, 0.5) is 5.13 Å². The quantitative estimate of drug-likeness (QED) is 0.878. The van der Waals surface area contributed by atoms with E-state index in [0.29, 0.717) is 29.6 Å². The number of carbonyl (C=O) groups excluding carboxylic acids is 1. The van der Waals surface area contributed by atoms with Gasteiger partial charge in [-0.15, -0.1) is 22.7 Å². The highest BCUT2D eigenvalue weighted by Crippen LogP contribution is 2.33. The van der Waals surface area contributed by atoms with E-state index in [1.54, 1.807) is 11.3 Å². The molecule has 0 aliphatic carbocycles. The molecule has 1 amide bonds. The molecule has 2 atom stereocenters. The molecule has 2 aromatic heterocycles. The summed E-state index contributed by atoms with van der Waals surface area (Å²) in [5.41, 5.74) is 0.961. The number of thiophene rings is 1. The minimum Gasteiger partial charge on any atom is -0.311 e. The summed E-state index contributed by atoms with van der Waals surface area (Å²) < 4.78 is 0. The number of fused-ring (bicyclic) bond motifs is 2. The number of nitrogens with one attached hydrogen (secondary N) is 2. The normalized spacial score (nSPS) is 26.4. The number of anilines is 1. The Labute approximate surface area is 144 Å². The van der Waals surface area contributed by atoms with E-state index in [0.717, 1.165) is 23.4 Å². The van der Waals surface area contributed by atoms with Gasteiger partial charge < -0.3 is 10.6 Å². The molecule has 2 bridgehead atoms. The van der Waals surface area contributed by atoms with Crippen LogP contribution in [0.2, 0.25) is 0 Å². The molecule has 2 aliphatic rings. The van der Waals surface area contributed by atoms with E-state index < -0.39 is 0 Å². The van der Waals surface area contributed by atoms with Gasteiger partial charge in [-0.25, -0.2) is 4.98 Å². The number of rotatable bonds is 4. The third kappa shape index (κ3) is 3.49. The van der Waals surface area contributed by atoms with Crippen LogP contribution in [0.15, 0.2) is 17.5 Å². The van der Waals surface area contributed by atoms with Gasteiger partial charge in [0.15, 0.2) is 5.13 Å². The lowest BCUT2D eigenvalue weighted by Gasteiger charge is -2.28. The summed E-state index contributed by atoms with van der Waals surface area (Å²) in [6.45, 7) is 2.09. The Balaban J connectivity index is 1.35. The number of aryl methyl sites for hydroxylation is 1. The van der Waals surface area contributed by atoms with Crippen molar-refractivity contribution in [1.29, 1.82) is 0 Å². The molecule has 2 aromatic rings. The van der Waals surface area contributed by atoms with Crippen molar-refractivity contribution in [3.8, 4) is 10.6 Å². The van der Waals surface area contributed by atoms with Gasteiger partial charge in [0.2, 0.25) is 5.91 Å². The molecule has 2 unspecified atom stereocenters. The van der Waals surface area contributed by atoms with Crippen LogP contribution < -0.4 is 10.6 Å². The fourth-order valence-corrected chi connectivity index (χ4v) is 5.42. The Bertz CT molecular complexity index is 696. The molecule has 122 valence electrons. The summed E-state index contributed by atoms with van der Waals surface area (Å²) in [6, 6.07) is 5.47. The Kier molecular flexibility index (Phi) is 4.22. The summed E-state index contributed by atoms with van der Waals surface area (Å²) in [6.07, 6.45) is 5.46. The summed E-state index contributed by atoms with van der Waals surface area (Å²) in [5.74, 6) is 0.632. The second-order valence-electron chi connectivity index (χ2n) is 6.68. The highest BCUT2D eigenvalue weighted by atomic mass is 32.1. The maximum Gasteiger partial charge on any atom is 0.226 e. The first kappa shape index (κ1) is 15.3. The van der Waals surface area contributed by atoms with Crippen molar-refractivity contribution in [2.24, 2.45) is 5.92 Å². The van der Waals surface area contributed by atoms with Gasteiger partial charge in [0, 0.05) is 28.8 Å². The zero-order valence-electron chi connectivity index (χ0n) is 13.2. The van der Waals surface area contributed by atoms with Crippen LogP contribution in [-0.4, -0.2) is 23.0 Å². The maximum absolute atomic E-state index is 12.3. The van der Waals surface area contributed by atoms with E-state index in [-0.39, 0.29) is 5.91 Å². The third-order valence-corrected chi connectivity index (χ3v) is 6.57. The zero-order valence-corrected chi connectivity index (χ0v) is 14.8. The van der Waals surface area contributed by atoms with Gasteiger partial charge in [-0.2, -0.15) is 0 Å². The number of piperidine rings is 1.